The highest BCUT2D eigenvalue weighted by Crippen LogP contribution is 2.38. The van der Waals surface area contributed by atoms with Crippen LogP contribution in [0.15, 0.2) is 28.6 Å². The lowest BCUT2D eigenvalue weighted by atomic mass is 10.1. The minimum absolute atomic E-state index is 0.102. The third-order valence-electron chi connectivity index (χ3n) is 5.50. The van der Waals surface area contributed by atoms with Crippen LogP contribution < -0.4 is 10.6 Å². The lowest BCUT2D eigenvalue weighted by Gasteiger charge is -2.08. The van der Waals surface area contributed by atoms with Crippen LogP contribution in [0.3, 0.4) is 0 Å². The average molecular weight is 531 g/mol. The summed E-state index contributed by atoms with van der Waals surface area (Å²) in [5.74, 6) is -0.770. The maximum Gasteiger partial charge on any atom is 0.341 e. The Morgan fingerprint density at radius 1 is 1.06 bits per heavy atom. The lowest BCUT2D eigenvalue weighted by molar-refractivity contribution is -0.113. The van der Waals surface area contributed by atoms with Crippen molar-refractivity contribution in [2.45, 2.75) is 50.3 Å². The number of anilines is 2. The number of fused-ring (bicyclic) bond motifs is 1. The number of carbonyl (C=O) groups is 3. The molecule has 2 heterocycles. The number of carbonyl (C=O) groups excluding carboxylic acids is 3. The lowest BCUT2D eigenvalue weighted by Crippen LogP contribution is -2.16. The molecule has 8 nitrogen and oxygen atoms in total. The minimum Gasteiger partial charge on any atom is -0.462 e. The summed E-state index contributed by atoms with van der Waals surface area (Å²) < 4.78 is 5.84. The number of nitrogens with zero attached hydrogens (tertiary/aromatic N) is 2. The first kappa shape index (κ1) is 25.3. The molecule has 1 aromatic carbocycles. The predicted octanol–water partition coefficient (Wildman–Crippen LogP) is 5.34. The van der Waals surface area contributed by atoms with E-state index in [4.69, 9.17) is 4.74 Å². The summed E-state index contributed by atoms with van der Waals surface area (Å²) in [6.07, 6.45) is 4.99. The van der Waals surface area contributed by atoms with E-state index >= 15 is 0 Å². The normalized spacial score (nSPS) is 13.0. The van der Waals surface area contributed by atoms with Crippen LogP contribution in [0.5, 0.6) is 0 Å². The van der Waals surface area contributed by atoms with E-state index in [-0.39, 0.29) is 30.1 Å². The van der Waals surface area contributed by atoms with Gasteiger partial charge in [-0.05, 0) is 56.7 Å². The summed E-state index contributed by atoms with van der Waals surface area (Å²) in [7, 11) is 0. The van der Waals surface area contributed by atoms with E-state index in [2.05, 4.69) is 20.8 Å². The standard InChI is InChI=1S/C24H26N4O4S3/c1-3-32-22(31)19-16-11-5-4-6-12-17(16)34-21(19)25-18(29)13-33-24-28-27-23(35-24)26-20(30)15-10-8-7-9-14(15)2/h7-10H,3-6,11-13H2,1-2H3,(H,25,29)(H,26,27,30). The molecule has 0 saturated heterocycles. The second-order valence-corrected chi connectivity index (χ2v) is 11.3. The summed E-state index contributed by atoms with van der Waals surface area (Å²) in [6.45, 7) is 3.93. The second-order valence-electron chi connectivity index (χ2n) is 7.97. The van der Waals surface area contributed by atoms with E-state index < -0.39 is 0 Å². The van der Waals surface area contributed by atoms with E-state index in [1.165, 1.54) is 34.4 Å². The molecular formula is C24H26N4O4S3. The highest BCUT2D eigenvalue weighted by molar-refractivity contribution is 8.01. The van der Waals surface area contributed by atoms with Crippen LogP contribution >= 0.6 is 34.4 Å². The quantitative estimate of drug-likeness (QED) is 0.175. The van der Waals surface area contributed by atoms with Gasteiger partial charge in [0.2, 0.25) is 11.0 Å². The van der Waals surface area contributed by atoms with Gasteiger partial charge in [-0.15, -0.1) is 21.5 Å². The SMILES string of the molecule is CCOC(=O)c1c(NC(=O)CSc2nnc(NC(=O)c3ccccc3C)s2)sc2c1CCCCC2. The van der Waals surface area contributed by atoms with Crippen molar-refractivity contribution >= 4 is 62.4 Å². The fourth-order valence-electron chi connectivity index (χ4n) is 3.85. The van der Waals surface area contributed by atoms with Crippen molar-refractivity contribution in [2.75, 3.05) is 23.0 Å². The zero-order chi connectivity index (χ0) is 24.8. The largest absolute Gasteiger partial charge is 0.462 e. The molecule has 0 aliphatic heterocycles. The summed E-state index contributed by atoms with van der Waals surface area (Å²) in [6, 6.07) is 7.30. The number of rotatable bonds is 8. The van der Waals surface area contributed by atoms with Crippen molar-refractivity contribution in [1.82, 2.24) is 10.2 Å². The van der Waals surface area contributed by atoms with Gasteiger partial charge in [0.15, 0.2) is 4.34 Å². The van der Waals surface area contributed by atoms with Gasteiger partial charge < -0.3 is 10.1 Å². The smallest absolute Gasteiger partial charge is 0.341 e. The molecule has 2 N–H and O–H groups in total. The summed E-state index contributed by atoms with van der Waals surface area (Å²) in [4.78, 5) is 39.0. The molecule has 0 spiro atoms. The highest BCUT2D eigenvalue weighted by Gasteiger charge is 2.26. The monoisotopic (exact) mass is 530 g/mol. The maximum atomic E-state index is 12.7. The zero-order valence-electron chi connectivity index (χ0n) is 19.5. The Balaban J connectivity index is 1.38. The summed E-state index contributed by atoms with van der Waals surface area (Å²) in [5, 5.41) is 14.7. The average Bonchev–Trinajstić information content (AvgIpc) is 3.34. The van der Waals surface area contributed by atoms with E-state index in [0.29, 0.717) is 25.6 Å². The molecule has 2 aromatic heterocycles. The molecule has 2 amide bonds. The van der Waals surface area contributed by atoms with Crippen molar-refractivity contribution in [2.24, 2.45) is 0 Å². The van der Waals surface area contributed by atoms with E-state index in [1.54, 1.807) is 19.1 Å². The first-order valence-electron chi connectivity index (χ1n) is 11.4. The number of hydrogen-bond acceptors (Lipinski definition) is 9. The van der Waals surface area contributed by atoms with Crippen molar-refractivity contribution in [3.63, 3.8) is 0 Å². The highest BCUT2D eigenvalue weighted by atomic mass is 32.2. The van der Waals surface area contributed by atoms with Crippen LogP contribution in [-0.2, 0) is 22.4 Å². The van der Waals surface area contributed by atoms with E-state index in [0.717, 1.165) is 48.1 Å². The molecule has 1 aliphatic rings. The van der Waals surface area contributed by atoms with Crippen LogP contribution in [-0.4, -0.2) is 40.3 Å². The minimum atomic E-state index is -0.381. The van der Waals surface area contributed by atoms with E-state index in [9.17, 15) is 14.4 Å². The van der Waals surface area contributed by atoms with Crippen LogP contribution in [0.2, 0.25) is 0 Å². The molecular weight excluding hydrogens is 504 g/mol. The molecule has 3 aromatic rings. The molecule has 0 unspecified atom stereocenters. The van der Waals surface area contributed by atoms with Gasteiger partial charge in [0.05, 0.1) is 17.9 Å². The number of benzene rings is 1. The van der Waals surface area contributed by atoms with E-state index in [1.807, 2.05) is 19.1 Å². The van der Waals surface area contributed by atoms with Gasteiger partial charge in [-0.3, -0.25) is 14.9 Å². The van der Waals surface area contributed by atoms with Crippen LogP contribution in [0.4, 0.5) is 10.1 Å². The third kappa shape index (κ3) is 6.28. The van der Waals surface area contributed by atoms with Crippen molar-refractivity contribution in [3.8, 4) is 0 Å². The molecule has 35 heavy (non-hydrogen) atoms. The zero-order valence-corrected chi connectivity index (χ0v) is 22.0. The number of aromatic nitrogens is 2. The Kier molecular flexibility index (Phi) is 8.53. The molecule has 0 fully saturated rings. The number of nitrogens with one attached hydrogen (secondary N) is 2. The number of thioether (sulfide) groups is 1. The van der Waals surface area contributed by atoms with Gasteiger partial charge >= 0.3 is 5.97 Å². The Morgan fingerprint density at radius 3 is 2.66 bits per heavy atom. The predicted molar refractivity (Wildman–Crippen MR) is 140 cm³/mol. The second kappa shape index (κ2) is 11.8. The first-order valence-corrected chi connectivity index (χ1v) is 14.0. The molecule has 0 radical (unpaired) electrons. The summed E-state index contributed by atoms with van der Waals surface area (Å²) in [5.41, 5.74) is 2.97. The van der Waals surface area contributed by atoms with Gasteiger partial charge in [-0.2, -0.15) is 0 Å². The Morgan fingerprint density at radius 2 is 1.86 bits per heavy atom. The van der Waals surface area contributed by atoms with Crippen molar-refractivity contribution in [3.05, 3.63) is 51.4 Å². The fraction of sp³-hybridized carbons (Fsp3) is 0.375. The Hall–Kier alpha value is -2.76. The molecule has 0 saturated carbocycles. The molecule has 0 atom stereocenters. The summed E-state index contributed by atoms with van der Waals surface area (Å²) >= 11 is 3.91. The topological polar surface area (TPSA) is 110 Å². The van der Waals surface area contributed by atoms with Gasteiger partial charge in [-0.1, -0.05) is 47.7 Å². The number of hydrogen-bond donors (Lipinski definition) is 2. The number of aryl methyl sites for hydroxylation is 2. The molecule has 0 bridgehead atoms. The fourth-order valence-corrected chi connectivity index (χ4v) is 6.69. The molecule has 1 aliphatic carbocycles. The van der Waals surface area contributed by atoms with Crippen LogP contribution in [0, 0.1) is 6.92 Å². The molecule has 11 heteroatoms. The van der Waals surface area contributed by atoms with Gasteiger partial charge in [0.25, 0.3) is 5.91 Å². The number of esters is 1. The van der Waals surface area contributed by atoms with Gasteiger partial charge in [-0.25, -0.2) is 4.79 Å². The van der Waals surface area contributed by atoms with Gasteiger partial charge in [0.1, 0.15) is 5.00 Å². The Bertz CT molecular complexity index is 1240. The first-order chi connectivity index (χ1) is 17.0. The molecule has 4 rings (SSSR count). The van der Waals surface area contributed by atoms with Crippen molar-refractivity contribution < 1.29 is 19.1 Å². The Labute approximate surface area is 215 Å². The van der Waals surface area contributed by atoms with Crippen LogP contribution in [0.1, 0.15) is 62.9 Å². The van der Waals surface area contributed by atoms with Crippen LogP contribution in [0.25, 0.3) is 0 Å². The number of amides is 2. The number of thiophene rings is 1. The molecule has 184 valence electrons. The maximum absolute atomic E-state index is 12.7. The van der Waals surface area contributed by atoms with Gasteiger partial charge in [0, 0.05) is 10.4 Å². The third-order valence-corrected chi connectivity index (χ3v) is 8.68. The number of ether oxygens (including phenoxy) is 1. The van der Waals surface area contributed by atoms with Crippen molar-refractivity contribution in [1.29, 1.82) is 0 Å².